The van der Waals surface area contributed by atoms with E-state index in [0.717, 1.165) is 23.7 Å². The highest BCUT2D eigenvalue weighted by Crippen LogP contribution is 2.15. The molecule has 16 heavy (non-hydrogen) atoms. The number of ether oxygens (including phenoxy) is 1. The molecule has 0 amide bonds. The van der Waals surface area contributed by atoms with Crippen LogP contribution in [0.4, 0.5) is 0 Å². The van der Waals surface area contributed by atoms with Crippen LogP contribution in [0.25, 0.3) is 0 Å². The summed E-state index contributed by atoms with van der Waals surface area (Å²) in [5.74, 6) is 0.844. The van der Waals surface area contributed by atoms with Gasteiger partial charge in [0.25, 0.3) is 0 Å². The molecule has 0 spiro atoms. The Balaban J connectivity index is 2.41. The summed E-state index contributed by atoms with van der Waals surface area (Å²) in [7, 11) is 0. The zero-order chi connectivity index (χ0) is 11.8. The van der Waals surface area contributed by atoms with Gasteiger partial charge in [0.2, 0.25) is 0 Å². The van der Waals surface area contributed by atoms with E-state index in [9.17, 15) is 0 Å². The van der Waals surface area contributed by atoms with Gasteiger partial charge in [0.05, 0.1) is 0 Å². The molecule has 2 nitrogen and oxygen atoms in total. The SMILES string of the molecule is C=CCC(COc1ccc(Cl)cc1)NCC. The Labute approximate surface area is 102 Å². The first kappa shape index (κ1) is 13.1. The third kappa shape index (κ3) is 4.69. The van der Waals surface area contributed by atoms with Crippen molar-refractivity contribution in [3.63, 3.8) is 0 Å². The third-order valence-electron chi connectivity index (χ3n) is 2.21. The summed E-state index contributed by atoms with van der Waals surface area (Å²) in [5.41, 5.74) is 0. The Kier molecular flexibility index (Phi) is 5.98. The highest BCUT2D eigenvalue weighted by Gasteiger charge is 2.05. The maximum atomic E-state index is 5.79. The first-order chi connectivity index (χ1) is 7.76. The van der Waals surface area contributed by atoms with Crippen LogP contribution < -0.4 is 10.1 Å². The average molecular weight is 240 g/mol. The Bertz CT molecular complexity index is 310. The van der Waals surface area contributed by atoms with Crippen molar-refractivity contribution in [1.29, 1.82) is 0 Å². The number of benzene rings is 1. The van der Waals surface area contributed by atoms with Crippen molar-refractivity contribution in [2.45, 2.75) is 19.4 Å². The quantitative estimate of drug-likeness (QED) is 0.738. The Morgan fingerprint density at radius 2 is 2.12 bits per heavy atom. The molecule has 1 aromatic carbocycles. The summed E-state index contributed by atoms with van der Waals surface area (Å²) in [6.45, 7) is 7.39. The molecular formula is C13H18ClNO. The summed E-state index contributed by atoms with van der Waals surface area (Å²) in [6.07, 6.45) is 2.81. The standard InChI is InChI=1S/C13H18ClNO/c1-3-5-12(15-4-2)10-16-13-8-6-11(14)7-9-13/h3,6-9,12,15H,1,4-5,10H2,2H3. The second-order valence-electron chi connectivity index (χ2n) is 3.54. The van der Waals surface area contributed by atoms with Crippen LogP contribution in [-0.2, 0) is 0 Å². The second-order valence-corrected chi connectivity index (χ2v) is 3.98. The van der Waals surface area contributed by atoms with Crippen molar-refractivity contribution in [2.75, 3.05) is 13.2 Å². The first-order valence-corrected chi connectivity index (χ1v) is 5.86. The van der Waals surface area contributed by atoms with Crippen LogP contribution in [0.3, 0.4) is 0 Å². The van der Waals surface area contributed by atoms with Crippen LogP contribution in [-0.4, -0.2) is 19.2 Å². The van der Waals surface area contributed by atoms with Gasteiger partial charge in [0, 0.05) is 11.1 Å². The number of hydrogen-bond acceptors (Lipinski definition) is 2. The summed E-state index contributed by atoms with van der Waals surface area (Å²) < 4.78 is 5.66. The van der Waals surface area contributed by atoms with E-state index in [2.05, 4.69) is 18.8 Å². The van der Waals surface area contributed by atoms with E-state index in [4.69, 9.17) is 16.3 Å². The molecule has 88 valence electrons. The van der Waals surface area contributed by atoms with E-state index in [-0.39, 0.29) is 0 Å². The molecule has 0 saturated heterocycles. The average Bonchev–Trinajstić information content (AvgIpc) is 2.29. The maximum Gasteiger partial charge on any atom is 0.119 e. The monoisotopic (exact) mass is 239 g/mol. The van der Waals surface area contributed by atoms with E-state index in [1.165, 1.54) is 0 Å². The highest BCUT2D eigenvalue weighted by atomic mass is 35.5. The molecule has 3 heteroatoms. The van der Waals surface area contributed by atoms with Crippen molar-refractivity contribution in [2.24, 2.45) is 0 Å². The minimum Gasteiger partial charge on any atom is -0.492 e. The molecule has 1 aromatic rings. The normalized spacial score (nSPS) is 12.1. The van der Waals surface area contributed by atoms with Gasteiger partial charge in [0.15, 0.2) is 0 Å². The molecule has 0 aromatic heterocycles. The van der Waals surface area contributed by atoms with Crippen molar-refractivity contribution >= 4 is 11.6 Å². The molecule has 0 heterocycles. The number of likely N-dealkylation sites (N-methyl/N-ethyl adjacent to an activating group) is 1. The largest absolute Gasteiger partial charge is 0.492 e. The Morgan fingerprint density at radius 1 is 1.44 bits per heavy atom. The number of halogens is 1. The zero-order valence-electron chi connectivity index (χ0n) is 9.58. The van der Waals surface area contributed by atoms with E-state index < -0.39 is 0 Å². The zero-order valence-corrected chi connectivity index (χ0v) is 10.3. The lowest BCUT2D eigenvalue weighted by Crippen LogP contribution is -2.34. The number of rotatable bonds is 7. The first-order valence-electron chi connectivity index (χ1n) is 5.49. The van der Waals surface area contributed by atoms with E-state index in [1.54, 1.807) is 0 Å². The fraction of sp³-hybridized carbons (Fsp3) is 0.385. The van der Waals surface area contributed by atoms with Crippen molar-refractivity contribution in [3.05, 3.63) is 41.9 Å². The lowest BCUT2D eigenvalue weighted by atomic mass is 10.2. The minimum absolute atomic E-state index is 0.318. The van der Waals surface area contributed by atoms with Gasteiger partial charge in [-0.2, -0.15) is 0 Å². The van der Waals surface area contributed by atoms with Gasteiger partial charge in [-0.25, -0.2) is 0 Å². The second kappa shape index (κ2) is 7.31. The third-order valence-corrected chi connectivity index (χ3v) is 2.46. The molecule has 0 fully saturated rings. The molecule has 1 atom stereocenters. The van der Waals surface area contributed by atoms with Crippen LogP contribution in [0.5, 0.6) is 5.75 Å². The van der Waals surface area contributed by atoms with Crippen LogP contribution >= 0.6 is 11.6 Å². The van der Waals surface area contributed by atoms with Crippen molar-refractivity contribution < 1.29 is 4.74 Å². The van der Waals surface area contributed by atoms with E-state index in [0.29, 0.717) is 12.6 Å². The van der Waals surface area contributed by atoms with Crippen LogP contribution in [0, 0.1) is 0 Å². The molecule has 0 aliphatic heterocycles. The summed E-state index contributed by atoms with van der Waals surface area (Å²) in [6, 6.07) is 7.72. The molecule has 0 bridgehead atoms. The van der Waals surface area contributed by atoms with Gasteiger partial charge in [-0.1, -0.05) is 24.6 Å². The van der Waals surface area contributed by atoms with E-state index >= 15 is 0 Å². The molecule has 0 aliphatic carbocycles. The molecule has 1 rings (SSSR count). The van der Waals surface area contributed by atoms with Gasteiger partial charge >= 0.3 is 0 Å². The fourth-order valence-electron chi connectivity index (χ4n) is 1.43. The topological polar surface area (TPSA) is 21.3 Å². The molecule has 0 saturated carbocycles. The lowest BCUT2D eigenvalue weighted by Gasteiger charge is -2.16. The predicted molar refractivity (Wildman–Crippen MR) is 69.2 cm³/mol. The van der Waals surface area contributed by atoms with E-state index in [1.807, 2.05) is 30.3 Å². The lowest BCUT2D eigenvalue weighted by molar-refractivity contribution is 0.266. The number of nitrogens with one attached hydrogen (secondary N) is 1. The molecule has 1 N–H and O–H groups in total. The van der Waals surface area contributed by atoms with Gasteiger partial charge in [-0.3, -0.25) is 0 Å². The molecule has 0 radical (unpaired) electrons. The molecule has 0 aliphatic rings. The molecular weight excluding hydrogens is 222 g/mol. The van der Waals surface area contributed by atoms with Crippen molar-refractivity contribution in [3.8, 4) is 5.75 Å². The summed E-state index contributed by atoms with van der Waals surface area (Å²) in [4.78, 5) is 0. The van der Waals surface area contributed by atoms with Gasteiger partial charge in [0.1, 0.15) is 12.4 Å². The maximum absolute atomic E-state index is 5.79. The minimum atomic E-state index is 0.318. The van der Waals surface area contributed by atoms with Crippen LogP contribution in [0.1, 0.15) is 13.3 Å². The number of hydrogen-bond donors (Lipinski definition) is 1. The summed E-state index contributed by atoms with van der Waals surface area (Å²) in [5, 5.41) is 4.07. The summed E-state index contributed by atoms with van der Waals surface area (Å²) >= 11 is 5.79. The van der Waals surface area contributed by atoms with Crippen LogP contribution in [0.15, 0.2) is 36.9 Å². The van der Waals surface area contributed by atoms with Crippen molar-refractivity contribution in [1.82, 2.24) is 5.32 Å². The van der Waals surface area contributed by atoms with Gasteiger partial charge < -0.3 is 10.1 Å². The molecule has 1 unspecified atom stereocenters. The van der Waals surface area contributed by atoms with Gasteiger partial charge in [-0.05, 0) is 37.2 Å². The van der Waals surface area contributed by atoms with Crippen LogP contribution in [0.2, 0.25) is 5.02 Å². The Morgan fingerprint density at radius 3 is 2.69 bits per heavy atom. The predicted octanol–water partition coefficient (Wildman–Crippen LogP) is 3.27. The van der Waals surface area contributed by atoms with Gasteiger partial charge in [-0.15, -0.1) is 6.58 Å². The fourth-order valence-corrected chi connectivity index (χ4v) is 1.55. The highest BCUT2D eigenvalue weighted by molar-refractivity contribution is 6.30. The smallest absolute Gasteiger partial charge is 0.119 e. The Hall–Kier alpha value is -0.990.